The summed E-state index contributed by atoms with van der Waals surface area (Å²) in [4.78, 5) is 10.7. The number of nitrogens with one attached hydrogen (secondary N) is 1. The lowest BCUT2D eigenvalue weighted by Gasteiger charge is -2.11. The van der Waals surface area contributed by atoms with Gasteiger partial charge in [0.2, 0.25) is 10.0 Å². The maximum atomic E-state index is 12.0. The average molecular weight is 356 g/mol. The lowest BCUT2D eigenvalue weighted by molar-refractivity contribution is -0.138. The zero-order valence-corrected chi connectivity index (χ0v) is 13.6. The third-order valence-electron chi connectivity index (χ3n) is 2.90. The van der Waals surface area contributed by atoms with Crippen LogP contribution in [0.25, 0.3) is 0 Å². The van der Waals surface area contributed by atoms with Gasteiger partial charge >= 0.3 is 5.97 Å². The van der Waals surface area contributed by atoms with Crippen molar-refractivity contribution in [3.05, 3.63) is 53.6 Å². The number of para-hydroxylation sites is 1. The molecule has 0 aliphatic heterocycles. The van der Waals surface area contributed by atoms with Crippen LogP contribution >= 0.6 is 11.6 Å². The molecule has 23 heavy (non-hydrogen) atoms. The quantitative estimate of drug-likeness (QED) is 0.831. The van der Waals surface area contributed by atoms with Crippen LogP contribution in [-0.2, 0) is 14.8 Å². The van der Waals surface area contributed by atoms with E-state index in [1.807, 2.05) is 0 Å². The molecule has 2 rings (SSSR count). The lowest BCUT2D eigenvalue weighted by atomic mass is 10.3. The summed E-state index contributed by atoms with van der Waals surface area (Å²) in [6, 6.07) is 11.2. The molecule has 0 heterocycles. The van der Waals surface area contributed by atoms with Crippen molar-refractivity contribution in [2.45, 2.75) is 17.9 Å². The van der Waals surface area contributed by atoms with Crippen molar-refractivity contribution >= 4 is 27.6 Å². The van der Waals surface area contributed by atoms with Crippen molar-refractivity contribution in [3.63, 3.8) is 0 Å². The van der Waals surface area contributed by atoms with Gasteiger partial charge in [-0.3, -0.25) is 4.79 Å². The van der Waals surface area contributed by atoms with E-state index in [0.29, 0.717) is 16.5 Å². The van der Waals surface area contributed by atoms with Crippen molar-refractivity contribution in [2.75, 3.05) is 0 Å². The second kappa shape index (κ2) is 6.99. The minimum Gasteiger partial charge on any atom is -0.480 e. The Morgan fingerprint density at radius 3 is 2.35 bits per heavy atom. The standard InChI is InChI=1S/C15H14ClNO5S/c1-10(15(18)19)17-23(20,21)12-8-6-11(7-9-12)22-14-5-3-2-4-13(14)16/h2-10,17H,1H3,(H,18,19). The summed E-state index contributed by atoms with van der Waals surface area (Å²) < 4.78 is 31.7. The van der Waals surface area contributed by atoms with E-state index >= 15 is 0 Å². The predicted molar refractivity (Wildman–Crippen MR) is 85.4 cm³/mol. The molecule has 0 aliphatic carbocycles. The Hall–Kier alpha value is -2.09. The zero-order chi connectivity index (χ0) is 17.0. The molecule has 122 valence electrons. The number of halogens is 1. The number of carbonyl (C=O) groups is 1. The second-order valence-electron chi connectivity index (χ2n) is 4.69. The highest BCUT2D eigenvalue weighted by Gasteiger charge is 2.21. The van der Waals surface area contributed by atoms with Gasteiger partial charge in [-0.2, -0.15) is 4.72 Å². The van der Waals surface area contributed by atoms with E-state index in [0.717, 1.165) is 0 Å². The van der Waals surface area contributed by atoms with Gasteiger partial charge in [0.05, 0.1) is 9.92 Å². The fourth-order valence-electron chi connectivity index (χ4n) is 1.69. The van der Waals surface area contributed by atoms with E-state index in [1.54, 1.807) is 24.3 Å². The van der Waals surface area contributed by atoms with Gasteiger partial charge in [0.15, 0.2) is 0 Å². The van der Waals surface area contributed by atoms with Crippen LogP contribution in [0.15, 0.2) is 53.4 Å². The predicted octanol–water partition coefficient (Wildman–Crippen LogP) is 2.88. The van der Waals surface area contributed by atoms with E-state index in [9.17, 15) is 13.2 Å². The summed E-state index contributed by atoms with van der Waals surface area (Å²) in [5, 5.41) is 9.20. The maximum Gasteiger partial charge on any atom is 0.321 e. The third kappa shape index (κ3) is 4.44. The monoisotopic (exact) mass is 355 g/mol. The molecule has 0 radical (unpaired) electrons. The molecule has 1 unspecified atom stereocenters. The minimum atomic E-state index is -3.91. The Labute approximate surface area is 138 Å². The summed E-state index contributed by atoms with van der Waals surface area (Å²) in [5.74, 6) is -0.405. The second-order valence-corrected chi connectivity index (χ2v) is 6.81. The van der Waals surface area contributed by atoms with Crippen LogP contribution in [0, 0.1) is 0 Å². The Morgan fingerprint density at radius 2 is 1.78 bits per heavy atom. The van der Waals surface area contributed by atoms with Gasteiger partial charge < -0.3 is 9.84 Å². The van der Waals surface area contributed by atoms with Crippen LogP contribution in [0.5, 0.6) is 11.5 Å². The maximum absolute atomic E-state index is 12.0. The highest BCUT2D eigenvalue weighted by molar-refractivity contribution is 7.89. The minimum absolute atomic E-state index is 0.0582. The van der Waals surface area contributed by atoms with Crippen LogP contribution in [0.2, 0.25) is 5.02 Å². The molecule has 0 aromatic heterocycles. The third-order valence-corrected chi connectivity index (χ3v) is 4.77. The number of benzene rings is 2. The smallest absolute Gasteiger partial charge is 0.321 e. The van der Waals surface area contributed by atoms with Gasteiger partial charge in [-0.15, -0.1) is 0 Å². The van der Waals surface area contributed by atoms with Crippen molar-refractivity contribution in [2.24, 2.45) is 0 Å². The Bertz CT molecular complexity index is 805. The molecule has 2 aromatic rings. The SMILES string of the molecule is CC(NS(=O)(=O)c1ccc(Oc2ccccc2Cl)cc1)C(=O)O. The topological polar surface area (TPSA) is 92.7 Å². The zero-order valence-electron chi connectivity index (χ0n) is 12.1. The molecule has 0 amide bonds. The number of carboxylic acids is 1. The molecule has 0 saturated heterocycles. The molecule has 0 bridgehead atoms. The number of rotatable bonds is 6. The molecular weight excluding hydrogens is 342 g/mol. The molecule has 2 N–H and O–H groups in total. The number of sulfonamides is 1. The number of hydrogen-bond acceptors (Lipinski definition) is 4. The highest BCUT2D eigenvalue weighted by atomic mass is 35.5. The Balaban J connectivity index is 2.16. The van der Waals surface area contributed by atoms with Crippen LogP contribution in [0.1, 0.15) is 6.92 Å². The van der Waals surface area contributed by atoms with E-state index in [-0.39, 0.29) is 4.90 Å². The molecule has 0 fully saturated rings. The Morgan fingerprint density at radius 1 is 1.17 bits per heavy atom. The number of aliphatic carboxylic acids is 1. The number of ether oxygens (including phenoxy) is 1. The normalized spacial score (nSPS) is 12.6. The average Bonchev–Trinajstić information content (AvgIpc) is 2.49. The first kappa shape index (κ1) is 17.3. The molecule has 6 nitrogen and oxygen atoms in total. The van der Waals surface area contributed by atoms with E-state index in [4.69, 9.17) is 21.4 Å². The van der Waals surface area contributed by atoms with E-state index < -0.39 is 22.0 Å². The van der Waals surface area contributed by atoms with Gasteiger partial charge in [0.25, 0.3) is 0 Å². The first-order valence-corrected chi connectivity index (χ1v) is 8.43. The summed E-state index contributed by atoms with van der Waals surface area (Å²) >= 11 is 5.98. The van der Waals surface area contributed by atoms with Crippen molar-refractivity contribution < 1.29 is 23.1 Å². The summed E-state index contributed by atoms with van der Waals surface area (Å²) in [6.45, 7) is 1.24. The Kier molecular flexibility index (Phi) is 5.25. The van der Waals surface area contributed by atoms with E-state index in [1.165, 1.54) is 31.2 Å². The number of carboxylic acid groups (broad SMARTS) is 1. The van der Waals surface area contributed by atoms with Crippen LogP contribution in [0.4, 0.5) is 0 Å². The van der Waals surface area contributed by atoms with Crippen molar-refractivity contribution in [3.8, 4) is 11.5 Å². The van der Waals surface area contributed by atoms with Gasteiger partial charge in [0, 0.05) is 0 Å². The summed E-state index contributed by atoms with van der Waals surface area (Å²) in [6.07, 6.45) is 0. The van der Waals surface area contributed by atoms with Gasteiger partial charge in [-0.05, 0) is 43.3 Å². The largest absolute Gasteiger partial charge is 0.480 e. The van der Waals surface area contributed by atoms with Gasteiger partial charge in [-0.1, -0.05) is 23.7 Å². The van der Waals surface area contributed by atoms with Crippen molar-refractivity contribution in [1.82, 2.24) is 4.72 Å². The first-order chi connectivity index (χ1) is 10.8. The molecule has 2 aromatic carbocycles. The fraction of sp³-hybridized carbons (Fsp3) is 0.133. The number of hydrogen-bond donors (Lipinski definition) is 2. The molecule has 0 saturated carbocycles. The van der Waals surface area contributed by atoms with Crippen LogP contribution in [0.3, 0.4) is 0 Å². The summed E-state index contributed by atoms with van der Waals surface area (Å²) in [7, 11) is -3.91. The molecule has 0 aliphatic rings. The van der Waals surface area contributed by atoms with Crippen LogP contribution < -0.4 is 9.46 Å². The lowest BCUT2D eigenvalue weighted by Crippen LogP contribution is -2.38. The molecule has 0 spiro atoms. The van der Waals surface area contributed by atoms with Gasteiger partial charge in [0.1, 0.15) is 17.5 Å². The summed E-state index contributed by atoms with van der Waals surface area (Å²) in [5.41, 5.74) is 0. The fourth-order valence-corrected chi connectivity index (χ4v) is 3.06. The van der Waals surface area contributed by atoms with Crippen molar-refractivity contribution in [1.29, 1.82) is 0 Å². The van der Waals surface area contributed by atoms with Crippen LogP contribution in [-0.4, -0.2) is 25.5 Å². The van der Waals surface area contributed by atoms with E-state index in [2.05, 4.69) is 4.72 Å². The first-order valence-electron chi connectivity index (χ1n) is 6.57. The molecule has 1 atom stereocenters. The molecule has 8 heteroatoms. The highest BCUT2D eigenvalue weighted by Crippen LogP contribution is 2.29. The van der Waals surface area contributed by atoms with Gasteiger partial charge in [-0.25, -0.2) is 8.42 Å². The molecular formula is C15H14ClNO5S.